The van der Waals surface area contributed by atoms with Gasteiger partial charge < -0.3 is 28.4 Å². The van der Waals surface area contributed by atoms with Crippen LogP contribution in [0.2, 0.25) is 0 Å². The van der Waals surface area contributed by atoms with E-state index in [1.165, 1.54) is 13.8 Å². The first-order valence-corrected chi connectivity index (χ1v) is 9.60. The van der Waals surface area contributed by atoms with Gasteiger partial charge >= 0.3 is 11.9 Å². The predicted molar refractivity (Wildman–Crippen MR) is 101 cm³/mol. The van der Waals surface area contributed by atoms with Crippen molar-refractivity contribution in [3.63, 3.8) is 0 Å². The number of azide groups is 1. The van der Waals surface area contributed by atoms with E-state index >= 15 is 0 Å². The molecule has 0 aromatic carbocycles. The number of hydrogen-bond acceptors (Lipinski definition) is 9. The van der Waals surface area contributed by atoms with Gasteiger partial charge in [0.1, 0.15) is 6.61 Å². The molecule has 0 aromatic heterocycles. The molecule has 0 N–H and O–H groups in total. The lowest BCUT2D eigenvalue weighted by atomic mass is 9.83. The highest BCUT2D eigenvalue weighted by molar-refractivity contribution is 5.66. The maximum Gasteiger partial charge on any atom is 0.303 e. The Hall–Kier alpha value is -1.91. The second-order valence-corrected chi connectivity index (χ2v) is 6.69. The van der Waals surface area contributed by atoms with E-state index in [2.05, 4.69) is 10.0 Å². The Morgan fingerprint density at radius 1 is 1.00 bits per heavy atom. The molecule has 11 nitrogen and oxygen atoms in total. The summed E-state index contributed by atoms with van der Waals surface area (Å²) >= 11 is 0. The summed E-state index contributed by atoms with van der Waals surface area (Å²) in [4.78, 5) is 25.2. The van der Waals surface area contributed by atoms with Crippen molar-refractivity contribution < 1.29 is 38.0 Å². The normalized spacial score (nSPS) is 26.4. The summed E-state index contributed by atoms with van der Waals surface area (Å²) in [5.74, 6) is -0.859. The fourth-order valence-electron chi connectivity index (χ4n) is 2.83. The molecule has 1 aliphatic heterocycles. The third-order valence-electron chi connectivity index (χ3n) is 4.54. The summed E-state index contributed by atoms with van der Waals surface area (Å²) in [7, 11) is 0. The van der Waals surface area contributed by atoms with Gasteiger partial charge in [-0.05, 0) is 11.4 Å². The van der Waals surface area contributed by atoms with E-state index in [4.69, 9.17) is 34.0 Å². The maximum atomic E-state index is 11.5. The lowest BCUT2D eigenvalue weighted by Gasteiger charge is -2.43. The monoisotopic (exact) mass is 417 g/mol. The quantitative estimate of drug-likeness (QED) is 0.145. The van der Waals surface area contributed by atoms with Gasteiger partial charge in [-0.2, -0.15) is 0 Å². The Morgan fingerprint density at radius 2 is 1.66 bits per heavy atom. The standard InChI is InChI=1S/C18H31N3O8/c1-12-13(2)17(28-15(4)23)18(29-16(12)11-27-14(3)22)26-10-9-25-8-7-24-6-5-20-21-19/h12-13,16-18H,5-11H2,1-4H3/t12-,13-,16?,17?,18-/m0/s1. The molecule has 0 spiro atoms. The fourth-order valence-corrected chi connectivity index (χ4v) is 2.83. The van der Waals surface area contributed by atoms with Crippen molar-refractivity contribution in [2.45, 2.75) is 46.2 Å². The third-order valence-corrected chi connectivity index (χ3v) is 4.54. The lowest BCUT2D eigenvalue weighted by molar-refractivity contribution is -0.282. The first-order valence-electron chi connectivity index (χ1n) is 9.60. The van der Waals surface area contributed by atoms with Crippen molar-refractivity contribution in [1.29, 1.82) is 0 Å². The average Bonchev–Trinajstić information content (AvgIpc) is 2.67. The average molecular weight is 417 g/mol. The molecule has 0 saturated carbocycles. The van der Waals surface area contributed by atoms with E-state index in [1.54, 1.807) is 0 Å². The highest BCUT2D eigenvalue weighted by Gasteiger charge is 2.44. The van der Waals surface area contributed by atoms with Crippen LogP contribution in [0.4, 0.5) is 0 Å². The second kappa shape index (κ2) is 14.1. The molecule has 5 atom stereocenters. The molecule has 0 radical (unpaired) electrons. The van der Waals surface area contributed by atoms with Crippen LogP contribution in [-0.4, -0.2) is 76.6 Å². The van der Waals surface area contributed by atoms with Gasteiger partial charge in [0.05, 0.1) is 39.1 Å². The van der Waals surface area contributed by atoms with Crippen LogP contribution in [0.3, 0.4) is 0 Å². The Labute approximate surface area is 170 Å². The molecule has 0 amide bonds. The molecule has 0 bridgehead atoms. The van der Waals surface area contributed by atoms with Crippen LogP contribution >= 0.6 is 0 Å². The molecule has 2 unspecified atom stereocenters. The number of carbonyl (C=O) groups is 2. The first-order chi connectivity index (χ1) is 13.9. The largest absolute Gasteiger partial charge is 0.463 e. The van der Waals surface area contributed by atoms with Crippen molar-refractivity contribution in [1.82, 2.24) is 0 Å². The van der Waals surface area contributed by atoms with Gasteiger partial charge in [-0.3, -0.25) is 9.59 Å². The summed E-state index contributed by atoms with van der Waals surface area (Å²) in [6, 6.07) is 0. The zero-order valence-corrected chi connectivity index (χ0v) is 17.4. The van der Waals surface area contributed by atoms with Crippen molar-refractivity contribution in [2.75, 3.05) is 46.2 Å². The van der Waals surface area contributed by atoms with Gasteiger partial charge in [0, 0.05) is 31.2 Å². The number of carbonyl (C=O) groups excluding carboxylic acids is 2. The molecule has 1 saturated heterocycles. The Kier molecular flexibility index (Phi) is 12.2. The Morgan fingerprint density at radius 3 is 2.28 bits per heavy atom. The summed E-state index contributed by atoms with van der Waals surface area (Å²) in [6.45, 7) is 8.56. The SMILES string of the molecule is CC(=O)OCC1O[C@H](OCCOCCOCCN=[N+]=[N-])C(OC(C)=O)[C@@H](C)[C@@H]1C. The van der Waals surface area contributed by atoms with Gasteiger partial charge in [-0.1, -0.05) is 19.0 Å². The minimum absolute atomic E-state index is 0.00248. The number of hydrogen-bond donors (Lipinski definition) is 0. The van der Waals surface area contributed by atoms with Crippen LogP contribution in [-0.2, 0) is 38.0 Å². The van der Waals surface area contributed by atoms with Crippen molar-refractivity contribution in [3.8, 4) is 0 Å². The molecule has 0 aromatic rings. The predicted octanol–water partition coefficient (Wildman–Crippen LogP) is 1.84. The zero-order valence-electron chi connectivity index (χ0n) is 17.4. The smallest absolute Gasteiger partial charge is 0.303 e. The minimum atomic E-state index is -0.783. The van der Waals surface area contributed by atoms with E-state index in [0.29, 0.717) is 26.4 Å². The van der Waals surface area contributed by atoms with Crippen LogP contribution in [0.15, 0.2) is 5.11 Å². The van der Waals surface area contributed by atoms with Gasteiger partial charge in [0.2, 0.25) is 0 Å². The zero-order chi connectivity index (χ0) is 21.6. The van der Waals surface area contributed by atoms with E-state index < -0.39 is 18.4 Å². The van der Waals surface area contributed by atoms with Crippen LogP contribution in [0.25, 0.3) is 10.4 Å². The molecule has 11 heteroatoms. The van der Waals surface area contributed by atoms with Gasteiger partial charge in [-0.25, -0.2) is 0 Å². The summed E-state index contributed by atoms with van der Waals surface area (Å²) in [6.07, 6.45) is -1.72. The highest BCUT2D eigenvalue weighted by Crippen LogP contribution is 2.33. The Balaban J connectivity index is 2.43. The van der Waals surface area contributed by atoms with E-state index in [-0.39, 0.29) is 43.7 Å². The molecule has 0 aliphatic carbocycles. The van der Waals surface area contributed by atoms with E-state index in [0.717, 1.165) is 0 Å². The van der Waals surface area contributed by atoms with Gasteiger partial charge in [0.25, 0.3) is 0 Å². The number of ether oxygens (including phenoxy) is 6. The van der Waals surface area contributed by atoms with Crippen molar-refractivity contribution in [3.05, 3.63) is 10.4 Å². The van der Waals surface area contributed by atoms with Crippen LogP contribution < -0.4 is 0 Å². The minimum Gasteiger partial charge on any atom is -0.463 e. The summed E-state index contributed by atoms with van der Waals surface area (Å²) in [5, 5.41) is 3.36. The van der Waals surface area contributed by atoms with E-state index in [9.17, 15) is 9.59 Å². The van der Waals surface area contributed by atoms with Crippen LogP contribution in [0.1, 0.15) is 27.7 Å². The van der Waals surface area contributed by atoms with Crippen LogP contribution in [0, 0.1) is 11.8 Å². The second-order valence-electron chi connectivity index (χ2n) is 6.69. The maximum absolute atomic E-state index is 11.5. The number of rotatable bonds is 13. The number of nitrogens with zero attached hydrogens (tertiary/aromatic N) is 3. The molecular formula is C18H31N3O8. The molecule has 1 rings (SSSR count). The van der Waals surface area contributed by atoms with Crippen molar-refractivity contribution >= 4 is 11.9 Å². The van der Waals surface area contributed by atoms with Crippen LogP contribution in [0.5, 0.6) is 0 Å². The first kappa shape index (κ1) is 25.1. The molecule has 1 fully saturated rings. The molecular weight excluding hydrogens is 386 g/mol. The fraction of sp³-hybridized carbons (Fsp3) is 0.889. The van der Waals surface area contributed by atoms with Gasteiger partial charge in [0.15, 0.2) is 12.4 Å². The highest BCUT2D eigenvalue weighted by atomic mass is 16.7. The lowest BCUT2D eigenvalue weighted by Crippen LogP contribution is -2.53. The summed E-state index contributed by atoms with van der Waals surface area (Å²) in [5.41, 5.74) is 8.15. The Bertz CT molecular complexity index is 553. The summed E-state index contributed by atoms with van der Waals surface area (Å²) < 4.78 is 32.8. The topological polar surface area (TPSA) is 138 Å². The molecule has 29 heavy (non-hydrogen) atoms. The third kappa shape index (κ3) is 9.91. The molecule has 166 valence electrons. The molecule has 1 heterocycles. The van der Waals surface area contributed by atoms with Crippen molar-refractivity contribution in [2.24, 2.45) is 17.0 Å². The van der Waals surface area contributed by atoms with E-state index in [1.807, 2.05) is 13.8 Å². The molecule has 1 aliphatic rings. The number of esters is 2. The van der Waals surface area contributed by atoms with Gasteiger partial charge in [-0.15, -0.1) is 0 Å².